The molecule has 0 aliphatic rings. The van der Waals surface area contributed by atoms with E-state index in [4.69, 9.17) is 5.21 Å². The number of nitrogens with zero attached hydrogens (tertiary/aromatic N) is 1. The minimum absolute atomic E-state index is 0.240. The van der Waals surface area contributed by atoms with Crippen molar-refractivity contribution < 1.29 is 35.2 Å². The summed E-state index contributed by atoms with van der Waals surface area (Å²) in [5.41, 5.74) is 0. The molecular formula is C14H27NO8S2. The molecule has 0 aromatic rings. The highest BCUT2D eigenvalue weighted by Gasteiger charge is 2.20. The largest absolute Gasteiger partial charge is 0.408 e. The van der Waals surface area contributed by atoms with Gasteiger partial charge in [0.2, 0.25) is 5.90 Å². The van der Waals surface area contributed by atoms with Crippen LogP contribution in [0.1, 0.15) is 65.2 Å². The van der Waals surface area contributed by atoms with Gasteiger partial charge in [-0.3, -0.25) is 4.79 Å². The molecule has 0 heterocycles. The fraction of sp³-hybridized carbons (Fsp3) is 0.857. The molecule has 0 rings (SSSR count). The van der Waals surface area contributed by atoms with Crippen LogP contribution in [0.3, 0.4) is 0 Å². The molecule has 0 atom stereocenters. The molecule has 1 N–H and O–H groups in total. The van der Waals surface area contributed by atoms with Crippen LogP contribution in [-0.4, -0.2) is 45.4 Å². The molecule has 0 aliphatic heterocycles. The maximum atomic E-state index is 11.7. The highest BCUT2D eigenvalue weighted by molar-refractivity contribution is 7.87. The predicted octanol–water partition coefficient (Wildman–Crippen LogP) is 2.15. The van der Waals surface area contributed by atoms with Crippen molar-refractivity contribution in [3.8, 4) is 0 Å². The molecular weight excluding hydrogens is 374 g/mol. The number of carbonyl (C=O) groups excluding carboxylic acids is 1. The summed E-state index contributed by atoms with van der Waals surface area (Å²) in [5.74, 6) is -2.16. The van der Waals surface area contributed by atoms with Crippen LogP contribution in [0.15, 0.2) is 5.16 Å². The van der Waals surface area contributed by atoms with E-state index in [1.54, 1.807) is 0 Å². The lowest BCUT2D eigenvalue weighted by atomic mass is 10.3. The van der Waals surface area contributed by atoms with Gasteiger partial charge in [0, 0.05) is 6.42 Å². The fourth-order valence-electron chi connectivity index (χ4n) is 1.79. The first kappa shape index (κ1) is 23.6. The van der Waals surface area contributed by atoms with Crippen LogP contribution in [0.2, 0.25) is 0 Å². The maximum Gasteiger partial charge on any atom is 0.322 e. The Bertz CT molecular complexity index is 625. The van der Waals surface area contributed by atoms with Crippen molar-refractivity contribution >= 4 is 32.1 Å². The quantitative estimate of drug-likeness (QED) is 0.124. The molecule has 0 saturated heterocycles. The summed E-state index contributed by atoms with van der Waals surface area (Å²) in [6, 6.07) is 0. The van der Waals surface area contributed by atoms with Crippen molar-refractivity contribution in [1.82, 2.24) is 0 Å². The Balaban J connectivity index is 4.40. The lowest BCUT2D eigenvalue weighted by Crippen LogP contribution is -2.20. The highest BCUT2D eigenvalue weighted by Crippen LogP contribution is 2.08. The van der Waals surface area contributed by atoms with Gasteiger partial charge >= 0.3 is 26.2 Å². The zero-order valence-electron chi connectivity index (χ0n) is 14.6. The van der Waals surface area contributed by atoms with Gasteiger partial charge in [-0.2, -0.15) is 16.8 Å². The molecule has 0 spiro atoms. The Morgan fingerprint density at radius 1 is 0.840 bits per heavy atom. The molecule has 0 aromatic heterocycles. The van der Waals surface area contributed by atoms with Gasteiger partial charge < -0.3 is 13.6 Å². The number of rotatable bonds is 13. The zero-order chi connectivity index (χ0) is 19.3. The van der Waals surface area contributed by atoms with Crippen molar-refractivity contribution in [2.75, 3.05) is 11.5 Å². The molecule has 148 valence electrons. The summed E-state index contributed by atoms with van der Waals surface area (Å²) in [7, 11) is -7.89. The predicted molar refractivity (Wildman–Crippen MR) is 92.3 cm³/mol. The van der Waals surface area contributed by atoms with Crippen LogP contribution in [0.25, 0.3) is 0 Å². The van der Waals surface area contributed by atoms with Crippen LogP contribution in [0, 0.1) is 0 Å². The van der Waals surface area contributed by atoms with Crippen molar-refractivity contribution in [2.24, 2.45) is 5.16 Å². The zero-order valence-corrected chi connectivity index (χ0v) is 16.3. The van der Waals surface area contributed by atoms with E-state index in [9.17, 15) is 21.6 Å². The van der Waals surface area contributed by atoms with Crippen molar-refractivity contribution in [2.45, 2.75) is 65.2 Å². The van der Waals surface area contributed by atoms with E-state index in [1.807, 2.05) is 13.8 Å². The standard InChI is InChI=1S/C14H27NO8S2/c1-3-5-7-11-24(18,19)22-13(15-17)9-10-14(16)23-25(20,21)12-8-6-4-2/h17H,3-12H2,1-2H3/b15-13-. The molecule has 0 unspecified atom stereocenters. The fourth-order valence-corrected chi connectivity index (χ4v) is 3.85. The maximum absolute atomic E-state index is 11.7. The first-order chi connectivity index (χ1) is 11.7. The van der Waals surface area contributed by atoms with Gasteiger partial charge in [0.05, 0.1) is 17.9 Å². The Labute approximate surface area is 149 Å². The molecule has 0 radical (unpaired) electrons. The molecule has 11 heteroatoms. The molecule has 0 aliphatic carbocycles. The van der Waals surface area contributed by atoms with Gasteiger partial charge in [0.1, 0.15) is 0 Å². The van der Waals surface area contributed by atoms with Gasteiger partial charge in [-0.05, 0) is 12.8 Å². The second-order valence-corrected chi connectivity index (χ2v) is 8.85. The van der Waals surface area contributed by atoms with E-state index >= 15 is 0 Å². The first-order valence-electron chi connectivity index (χ1n) is 8.23. The van der Waals surface area contributed by atoms with Crippen LogP contribution < -0.4 is 0 Å². The lowest BCUT2D eigenvalue weighted by Gasteiger charge is -2.08. The van der Waals surface area contributed by atoms with Crippen LogP contribution in [-0.2, 0) is 33.4 Å². The summed E-state index contributed by atoms with van der Waals surface area (Å²) < 4.78 is 55.4. The van der Waals surface area contributed by atoms with Crippen LogP contribution in [0.5, 0.6) is 0 Å². The van der Waals surface area contributed by atoms with E-state index in [2.05, 4.69) is 13.5 Å². The number of oxime groups is 1. The summed E-state index contributed by atoms with van der Waals surface area (Å²) >= 11 is 0. The van der Waals surface area contributed by atoms with Gasteiger partial charge in [0.25, 0.3) is 0 Å². The normalized spacial score (nSPS) is 12.8. The van der Waals surface area contributed by atoms with Crippen molar-refractivity contribution in [1.29, 1.82) is 0 Å². The number of hydrogen-bond donors (Lipinski definition) is 1. The minimum atomic E-state index is -3.97. The van der Waals surface area contributed by atoms with Gasteiger partial charge in [-0.15, -0.1) is 0 Å². The molecule has 0 bridgehead atoms. The average Bonchev–Trinajstić information content (AvgIpc) is 2.51. The van der Waals surface area contributed by atoms with E-state index in [0.717, 1.165) is 12.8 Å². The third-order valence-electron chi connectivity index (χ3n) is 3.09. The number of carbonyl (C=O) groups is 1. The molecule has 0 amide bonds. The SMILES string of the molecule is CCCCCS(=O)(=O)OC(=O)CC/C(=N/O)OS(=O)(=O)CCCCC. The van der Waals surface area contributed by atoms with Crippen LogP contribution >= 0.6 is 0 Å². The minimum Gasteiger partial charge on any atom is -0.408 e. The Morgan fingerprint density at radius 2 is 1.32 bits per heavy atom. The average molecular weight is 402 g/mol. The summed E-state index contributed by atoms with van der Waals surface area (Å²) in [6.07, 6.45) is 2.95. The van der Waals surface area contributed by atoms with Gasteiger partial charge in [0.15, 0.2) is 0 Å². The van der Waals surface area contributed by atoms with E-state index in [1.165, 1.54) is 0 Å². The van der Waals surface area contributed by atoms with Crippen LogP contribution in [0.4, 0.5) is 0 Å². The van der Waals surface area contributed by atoms with E-state index in [0.29, 0.717) is 25.7 Å². The first-order valence-corrected chi connectivity index (χ1v) is 11.4. The number of unbranched alkanes of at least 4 members (excludes halogenated alkanes) is 4. The smallest absolute Gasteiger partial charge is 0.322 e. The molecule has 0 aromatic carbocycles. The topological polar surface area (TPSA) is 136 Å². The Kier molecular flexibility index (Phi) is 11.4. The second kappa shape index (κ2) is 12.1. The van der Waals surface area contributed by atoms with Gasteiger partial charge in [-0.25, -0.2) is 0 Å². The molecule has 25 heavy (non-hydrogen) atoms. The second-order valence-electron chi connectivity index (χ2n) is 5.47. The Morgan fingerprint density at radius 3 is 1.76 bits per heavy atom. The summed E-state index contributed by atoms with van der Waals surface area (Å²) in [6.45, 7) is 3.82. The van der Waals surface area contributed by atoms with Crippen molar-refractivity contribution in [3.05, 3.63) is 0 Å². The summed E-state index contributed by atoms with van der Waals surface area (Å²) in [4.78, 5) is 11.5. The molecule has 0 fully saturated rings. The molecule has 0 saturated carbocycles. The van der Waals surface area contributed by atoms with E-state index in [-0.39, 0.29) is 11.5 Å². The van der Waals surface area contributed by atoms with Crippen molar-refractivity contribution in [3.63, 3.8) is 0 Å². The number of hydrogen-bond acceptors (Lipinski definition) is 9. The third kappa shape index (κ3) is 12.6. The van der Waals surface area contributed by atoms with Gasteiger partial charge in [-0.1, -0.05) is 44.7 Å². The lowest BCUT2D eigenvalue weighted by molar-refractivity contribution is -0.133. The Hall–Kier alpha value is -1.36. The van der Waals surface area contributed by atoms with E-state index < -0.39 is 44.9 Å². The highest BCUT2D eigenvalue weighted by atomic mass is 32.2. The third-order valence-corrected chi connectivity index (χ3v) is 5.56. The summed E-state index contributed by atoms with van der Waals surface area (Å²) in [5, 5.41) is 11.5. The molecule has 9 nitrogen and oxygen atoms in total. The monoisotopic (exact) mass is 401 g/mol.